The molecule has 2 rings (SSSR count). The van der Waals surface area contributed by atoms with Crippen LogP contribution in [0.15, 0.2) is 12.1 Å². The number of hydrogen-bond acceptors (Lipinski definition) is 6. The molecule has 0 saturated carbocycles. The Kier molecular flexibility index (Phi) is 5.50. The lowest BCUT2D eigenvalue weighted by Gasteiger charge is -2.19. The molecular weight excluding hydrogens is 366 g/mol. The van der Waals surface area contributed by atoms with Crippen LogP contribution in [-0.2, 0) is 14.8 Å². The Balaban J connectivity index is 1.96. The second-order valence-corrected chi connectivity index (χ2v) is 8.48. The van der Waals surface area contributed by atoms with Crippen LogP contribution in [0.5, 0.6) is 0 Å². The van der Waals surface area contributed by atoms with Crippen molar-refractivity contribution in [1.82, 2.24) is 14.5 Å². The highest BCUT2D eigenvalue weighted by Crippen LogP contribution is 2.28. The molecule has 0 spiro atoms. The molecule has 11 heteroatoms. The number of thiophene rings is 1. The van der Waals surface area contributed by atoms with Crippen LogP contribution in [0, 0.1) is 0 Å². The van der Waals surface area contributed by atoms with E-state index < -0.39 is 28.2 Å². The molecule has 1 aromatic heterocycles. The van der Waals surface area contributed by atoms with Crippen molar-refractivity contribution in [3.8, 4) is 0 Å². The Morgan fingerprint density at radius 2 is 2.17 bits per heavy atom. The summed E-state index contributed by atoms with van der Waals surface area (Å²) in [6, 6.07) is 2.01. The van der Waals surface area contributed by atoms with Gasteiger partial charge in [-0.15, -0.1) is 11.3 Å². The van der Waals surface area contributed by atoms with Crippen LogP contribution >= 0.6 is 22.9 Å². The van der Waals surface area contributed by atoms with E-state index in [4.69, 9.17) is 16.3 Å². The molecule has 0 bridgehead atoms. The molecule has 1 N–H and O–H groups in total. The molecule has 1 aliphatic heterocycles. The van der Waals surface area contributed by atoms with Crippen LogP contribution < -0.4 is 5.32 Å². The molecule has 8 nitrogen and oxygen atoms in total. The van der Waals surface area contributed by atoms with Crippen LogP contribution in [0.2, 0.25) is 4.34 Å². The molecule has 1 atom stereocenters. The van der Waals surface area contributed by atoms with Gasteiger partial charge in [-0.2, -0.15) is 0 Å². The van der Waals surface area contributed by atoms with Gasteiger partial charge in [-0.05, 0) is 12.1 Å². The van der Waals surface area contributed by atoms with Gasteiger partial charge in [0.05, 0.1) is 30.2 Å². The third-order valence-electron chi connectivity index (χ3n) is 3.25. The zero-order valence-corrected chi connectivity index (χ0v) is 14.9. The van der Waals surface area contributed by atoms with Crippen molar-refractivity contribution < 1.29 is 22.7 Å². The molecule has 23 heavy (non-hydrogen) atoms. The van der Waals surface area contributed by atoms with E-state index >= 15 is 0 Å². The number of amides is 4. The maximum absolute atomic E-state index is 12.1. The lowest BCUT2D eigenvalue weighted by Crippen LogP contribution is -2.44. The Labute approximate surface area is 143 Å². The topological polar surface area (TPSA) is 96.0 Å². The number of sulfonamides is 1. The first-order valence-electron chi connectivity index (χ1n) is 6.59. The lowest BCUT2D eigenvalue weighted by atomic mass is 10.3. The average molecular weight is 382 g/mol. The number of carbonyl (C=O) groups is 2. The monoisotopic (exact) mass is 381 g/mol. The summed E-state index contributed by atoms with van der Waals surface area (Å²) in [4.78, 5) is 25.7. The van der Waals surface area contributed by atoms with E-state index in [1.54, 1.807) is 12.1 Å². The summed E-state index contributed by atoms with van der Waals surface area (Å²) in [5, 5.41) is 2.57. The normalized spacial score (nSPS) is 16.7. The molecule has 0 aliphatic carbocycles. The molecule has 2 heterocycles. The highest BCUT2D eigenvalue weighted by molar-refractivity contribution is 7.88. The van der Waals surface area contributed by atoms with E-state index in [0.29, 0.717) is 8.64 Å². The number of hydrogen-bond donors (Lipinski definition) is 1. The van der Waals surface area contributed by atoms with Crippen molar-refractivity contribution in [1.29, 1.82) is 0 Å². The number of imide groups is 1. The van der Waals surface area contributed by atoms with Gasteiger partial charge in [-0.25, -0.2) is 27.2 Å². The minimum atomic E-state index is -3.67. The Morgan fingerprint density at radius 1 is 1.48 bits per heavy atom. The van der Waals surface area contributed by atoms with Crippen LogP contribution in [0.4, 0.5) is 9.59 Å². The number of methoxy groups -OCH3 is 1. The first-order chi connectivity index (χ1) is 10.7. The smallest absolute Gasteiger partial charge is 0.341 e. The number of nitrogens with one attached hydrogen (secondary N) is 1. The maximum atomic E-state index is 12.1. The summed E-state index contributed by atoms with van der Waals surface area (Å²) in [5.41, 5.74) is 0. The Bertz CT molecular complexity index is 705. The SMILES string of the molecule is COC(CNC(=O)N1CCN(S(C)(=O)=O)C1=O)c1ccc(Cl)s1. The van der Waals surface area contributed by atoms with Gasteiger partial charge in [0.25, 0.3) is 0 Å². The van der Waals surface area contributed by atoms with Crippen molar-refractivity contribution >= 4 is 45.0 Å². The first kappa shape index (κ1) is 18.0. The molecule has 1 aliphatic rings. The number of carbonyl (C=O) groups excluding carboxylic acids is 2. The van der Waals surface area contributed by atoms with Gasteiger partial charge in [0, 0.05) is 12.0 Å². The molecule has 1 unspecified atom stereocenters. The van der Waals surface area contributed by atoms with E-state index in [2.05, 4.69) is 5.32 Å². The standard InChI is InChI=1S/C12H16ClN3O5S2/c1-21-8(9-3-4-10(13)22-9)7-14-11(17)15-5-6-16(12(15)18)23(2,19)20/h3-4,8H,5-7H2,1-2H3,(H,14,17). The Hall–Kier alpha value is -1.36. The van der Waals surface area contributed by atoms with Crippen LogP contribution in [0.25, 0.3) is 0 Å². The second-order valence-electron chi connectivity index (χ2n) is 4.82. The van der Waals surface area contributed by atoms with E-state index in [1.165, 1.54) is 18.4 Å². The van der Waals surface area contributed by atoms with Crippen LogP contribution in [0.1, 0.15) is 11.0 Å². The van der Waals surface area contributed by atoms with Crippen molar-refractivity contribution in [3.05, 3.63) is 21.3 Å². The summed E-state index contributed by atoms with van der Waals surface area (Å²) in [5.74, 6) is 0. The quantitative estimate of drug-likeness (QED) is 0.833. The zero-order chi connectivity index (χ0) is 17.2. The van der Waals surface area contributed by atoms with Crippen molar-refractivity contribution in [2.75, 3.05) is 33.0 Å². The summed E-state index contributed by atoms with van der Waals surface area (Å²) in [6.45, 7) is 0.106. The van der Waals surface area contributed by atoms with E-state index in [1.807, 2.05) is 0 Å². The average Bonchev–Trinajstić information content (AvgIpc) is 3.05. The molecule has 1 saturated heterocycles. The van der Waals surface area contributed by atoms with Gasteiger partial charge >= 0.3 is 12.1 Å². The van der Waals surface area contributed by atoms with Gasteiger partial charge in [-0.3, -0.25) is 0 Å². The first-order valence-corrected chi connectivity index (χ1v) is 9.63. The maximum Gasteiger partial charge on any atom is 0.341 e. The van der Waals surface area contributed by atoms with Crippen LogP contribution in [-0.4, -0.2) is 62.7 Å². The number of ether oxygens (including phenoxy) is 1. The molecule has 4 amide bonds. The van der Waals surface area contributed by atoms with E-state index in [-0.39, 0.29) is 19.6 Å². The lowest BCUT2D eigenvalue weighted by molar-refractivity contribution is 0.105. The number of nitrogens with zero attached hydrogens (tertiary/aromatic N) is 2. The molecule has 128 valence electrons. The fraction of sp³-hybridized carbons (Fsp3) is 0.500. The van der Waals surface area contributed by atoms with Gasteiger partial charge in [0.1, 0.15) is 6.10 Å². The fourth-order valence-corrected chi connectivity index (χ4v) is 4.02. The summed E-state index contributed by atoms with van der Waals surface area (Å²) in [7, 11) is -2.17. The zero-order valence-electron chi connectivity index (χ0n) is 12.5. The van der Waals surface area contributed by atoms with Gasteiger partial charge < -0.3 is 10.1 Å². The summed E-state index contributed by atoms with van der Waals surface area (Å²) in [6.07, 6.45) is 0.522. The highest BCUT2D eigenvalue weighted by Gasteiger charge is 2.38. The van der Waals surface area contributed by atoms with Crippen molar-refractivity contribution in [2.45, 2.75) is 6.10 Å². The molecule has 0 radical (unpaired) electrons. The fourth-order valence-electron chi connectivity index (χ4n) is 2.09. The Morgan fingerprint density at radius 3 is 2.65 bits per heavy atom. The number of rotatable bonds is 5. The summed E-state index contributed by atoms with van der Waals surface area (Å²) < 4.78 is 29.4. The third-order valence-corrected chi connectivity index (χ3v) is 5.71. The number of halogens is 1. The molecule has 1 aromatic rings. The third kappa shape index (κ3) is 4.14. The largest absolute Gasteiger partial charge is 0.374 e. The minimum Gasteiger partial charge on any atom is -0.374 e. The minimum absolute atomic E-state index is 0.0141. The van der Waals surface area contributed by atoms with Crippen molar-refractivity contribution in [2.24, 2.45) is 0 Å². The van der Waals surface area contributed by atoms with Gasteiger partial charge in [0.15, 0.2) is 0 Å². The predicted molar refractivity (Wildman–Crippen MR) is 86.1 cm³/mol. The highest BCUT2D eigenvalue weighted by atomic mass is 35.5. The molecular formula is C12H16ClN3O5S2. The van der Waals surface area contributed by atoms with Crippen molar-refractivity contribution in [3.63, 3.8) is 0 Å². The summed E-state index contributed by atoms with van der Waals surface area (Å²) >= 11 is 7.20. The number of urea groups is 2. The molecule has 0 aromatic carbocycles. The van der Waals surface area contributed by atoms with Crippen LogP contribution in [0.3, 0.4) is 0 Å². The van der Waals surface area contributed by atoms with E-state index in [0.717, 1.165) is 16.0 Å². The second kappa shape index (κ2) is 7.04. The predicted octanol–water partition coefficient (Wildman–Crippen LogP) is 1.50. The van der Waals surface area contributed by atoms with E-state index in [9.17, 15) is 18.0 Å². The van der Waals surface area contributed by atoms with Gasteiger partial charge in [0.2, 0.25) is 10.0 Å². The molecule has 1 fully saturated rings. The van der Waals surface area contributed by atoms with Gasteiger partial charge in [-0.1, -0.05) is 11.6 Å².